The lowest BCUT2D eigenvalue weighted by Gasteiger charge is -2.31. The van der Waals surface area contributed by atoms with Crippen LogP contribution in [0, 0.1) is 0 Å². The summed E-state index contributed by atoms with van der Waals surface area (Å²) in [6, 6.07) is 6.54. The number of rotatable bonds is 3. The molecule has 0 amide bonds. The fraction of sp³-hybridized carbons (Fsp3) is 0.538. The van der Waals surface area contributed by atoms with Crippen LogP contribution in [0.15, 0.2) is 18.2 Å². The number of hydrogen-bond acceptors (Lipinski definition) is 2. The van der Waals surface area contributed by atoms with Crippen molar-refractivity contribution in [2.24, 2.45) is 0 Å². The number of nitrogens with zero attached hydrogens (tertiary/aromatic N) is 1. The van der Waals surface area contributed by atoms with Crippen molar-refractivity contribution in [3.63, 3.8) is 0 Å². The van der Waals surface area contributed by atoms with E-state index in [-0.39, 0.29) is 0 Å². The minimum absolute atomic E-state index is 0.644. The first kappa shape index (κ1) is 11.6. The van der Waals surface area contributed by atoms with E-state index in [1.165, 1.54) is 25.7 Å². The maximum atomic E-state index is 6.07. The summed E-state index contributed by atoms with van der Waals surface area (Å²) in [7, 11) is 0. The number of halogens is 1. The van der Waals surface area contributed by atoms with Crippen LogP contribution in [-0.4, -0.2) is 12.6 Å². The predicted molar refractivity (Wildman–Crippen MR) is 71.1 cm³/mol. The van der Waals surface area contributed by atoms with Gasteiger partial charge in [-0.1, -0.05) is 30.5 Å². The molecule has 1 aliphatic carbocycles. The summed E-state index contributed by atoms with van der Waals surface area (Å²) in [5, 5.41) is 0.661. The van der Waals surface area contributed by atoms with Crippen LogP contribution in [0.3, 0.4) is 0 Å². The van der Waals surface area contributed by atoms with E-state index in [0.717, 1.165) is 17.9 Å². The lowest BCUT2D eigenvalue weighted by atomic mass is 10.1. The summed E-state index contributed by atoms with van der Waals surface area (Å²) in [5.41, 5.74) is 7.87. The van der Waals surface area contributed by atoms with Gasteiger partial charge in [0.25, 0.3) is 0 Å². The molecule has 0 atom stereocenters. The number of para-hydroxylation sites is 1. The van der Waals surface area contributed by atoms with Crippen LogP contribution in [0.5, 0.6) is 0 Å². The van der Waals surface area contributed by atoms with Gasteiger partial charge in [-0.3, -0.25) is 0 Å². The molecule has 0 aliphatic heterocycles. The summed E-state index contributed by atoms with van der Waals surface area (Å²) in [6.45, 7) is 3.17. The van der Waals surface area contributed by atoms with Gasteiger partial charge in [-0.2, -0.15) is 0 Å². The third-order valence-electron chi connectivity index (χ3n) is 3.45. The van der Waals surface area contributed by atoms with Crippen LogP contribution in [0.25, 0.3) is 0 Å². The number of hydrogen-bond donors (Lipinski definition) is 1. The molecule has 1 aliphatic rings. The maximum absolute atomic E-state index is 6.07. The van der Waals surface area contributed by atoms with Gasteiger partial charge in [0.2, 0.25) is 0 Å². The Hall–Kier alpha value is -0.890. The molecule has 3 heteroatoms. The smallest absolute Gasteiger partial charge is 0.0741 e. The van der Waals surface area contributed by atoms with E-state index < -0.39 is 0 Å². The molecule has 0 heterocycles. The SMILES string of the molecule is CCN(c1cccc(Cl)c1N)C1CCCC1. The number of nitrogen functional groups attached to an aromatic ring is 1. The highest BCUT2D eigenvalue weighted by molar-refractivity contribution is 6.33. The third kappa shape index (κ3) is 2.12. The van der Waals surface area contributed by atoms with Gasteiger partial charge in [0.1, 0.15) is 0 Å². The normalized spacial score (nSPS) is 16.6. The predicted octanol–water partition coefficient (Wildman–Crippen LogP) is 3.69. The minimum atomic E-state index is 0.644. The van der Waals surface area contributed by atoms with Crippen molar-refractivity contribution < 1.29 is 0 Å². The van der Waals surface area contributed by atoms with E-state index in [4.69, 9.17) is 17.3 Å². The molecule has 2 nitrogen and oxygen atoms in total. The number of nitrogens with two attached hydrogens (primary N) is 1. The third-order valence-corrected chi connectivity index (χ3v) is 3.78. The fourth-order valence-corrected chi connectivity index (χ4v) is 2.79. The lowest BCUT2D eigenvalue weighted by Crippen LogP contribution is -2.33. The molecule has 2 N–H and O–H groups in total. The monoisotopic (exact) mass is 238 g/mol. The number of benzene rings is 1. The largest absolute Gasteiger partial charge is 0.396 e. The van der Waals surface area contributed by atoms with E-state index in [0.29, 0.717) is 11.1 Å². The minimum Gasteiger partial charge on any atom is -0.396 e. The summed E-state index contributed by atoms with van der Waals surface area (Å²) in [5.74, 6) is 0. The Labute approximate surface area is 102 Å². The van der Waals surface area contributed by atoms with Crippen LogP contribution in [-0.2, 0) is 0 Å². The van der Waals surface area contributed by atoms with Gasteiger partial charge >= 0.3 is 0 Å². The van der Waals surface area contributed by atoms with Crippen molar-refractivity contribution in [1.29, 1.82) is 0 Å². The van der Waals surface area contributed by atoms with Gasteiger partial charge < -0.3 is 10.6 Å². The first-order valence-electron chi connectivity index (χ1n) is 6.04. The second kappa shape index (κ2) is 4.96. The summed E-state index contributed by atoms with van der Waals surface area (Å²) >= 11 is 6.07. The first-order chi connectivity index (χ1) is 7.74. The Morgan fingerprint density at radius 1 is 1.38 bits per heavy atom. The van der Waals surface area contributed by atoms with E-state index in [2.05, 4.69) is 17.9 Å². The molecule has 0 spiro atoms. The van der Waals surface area contributed by atoms with Crippen LogP contribution in [0.1, 0.15) is 32.6 Å². The molecule has 1 fully saturated rings. The lowest BCUT2D eigenvalue weighted by molar-refractivity contribution is 0.620. The second-order valence-electron chi connectivity index (χ2n) is 4.40. The van der Waals surface area contributed by atoms with Gasteiger partial charge in [0, 0.05) is 12.6 Å². The van der Waals surface area contributed by atoms with Crippen LogP contribution < -0.4 is 10.6 Å². The second-order valence-corrected chi connectivity index (χ2v) is 4.80. The van der Waals surface area contributed by atoms with Gasteiger partial charge in [-0.25, -0.2) is 0 Å². The molecular weight excluding hydrogens is 220 g/mol. The summed E-state index contributed by atoms with van der Waals surface area (Å²) in [6.07, 6.45) is 5.23. The molecule has 0 unspecified atom stereocenters. The molecule has 1 aromatic carbocycles. The van der Waals surface area contributed by atoms with Crippen LogP contribution >= 0.6 is 11.6 Å². The molecule has 88 valence electrons. The van der Waals surface area contributed by atoms with E-state index in [9.17, 15) is 0 Å². The quantitative estimate of drug-likeness (QED) is 0.814. The molecule has 2 rings (SSSR count). The molecule has 0 aromatic heterocycles. The number of anilines is 2. The molecule has 16 heavy (non-hydrogen) atoms. The van der Waals surface area contributed by atoms with Crippen LogP contribution in [0.4, 0.5) is 11.4 Å². The van der Waals surface area contributed by atoms with Gasteiger partial charge in [0.15, 0.2) is 0 Å². The summed E-state index contributed by atoms with van der Waals surface area (Å²) < 4.78 is 0. The van der Waals surface area contributed by atoms with Gasteiger partial charge in [0.05, 0.1) is 16.4 Å². The van der Waals surface area contributed by atoms with Crippen molar-refractivity contribution in [2.45, 2.75) is 38.6 Å². The van der Waals surface area contributed by atoms with Crippen molar-refractivity contribution in [1.82, 2.24) is 0 Å². The van der Waals surface area contributed by atoms with E-state index in [1.54, 1.807) is 0 Å². The zero-order valence-corrected chi connectivity index (χ0v) is 10.5. The van der Waals surface area contributed by atoms with E-state index in [1.807, 2.05) is 12.1 Å². The van der Waals surface area contributed by atoms with Crippen LogP contribution in [0.2, 0.25) is 5.02 Å². The average Bonchev–Trinajstić information content (AvgIpc) is 2.79. The Morgan fingerprint density at radius 2 is 2.06 bits per heavy atom. The Kier molecular flexibility index (Phi) is 3.59. The maximum Gasteiger partial charge on any atom is 0.0741 e. The fourth-order valence-electron chi connectivity index (χ4n) is 2.62. The van der Waals surface area contributed by atoms with Crippen molar-refractivity contribution in [3.8, 4) is 0 Å². The summed E-state index contributed by atoms with van der Waals surface area (Å²) in [4.78, 5) is 2.40. The standard InChI is InChI=1S/C13H19ClN2/c1-2-16(10-6-3-4-7-10)12-9-5-8-11(14)13(12)15/h5,8-10H,2-4,6-7,15H2,1H3. The van der Waals surface area contributed by atoms with Crippen molar-refractivity contribution >= 4 is 23.0 Å². The topological polar surface area (TPSA) is 29.3 Å². The molecule has 1 saturated carbocycles. The zero-order chi connectivity index (χ0) is 11.5. The molecule has 0 saturated heterocycles. The van der Waals surface area contributed by atoms with Crippen molar-refractivity contribution in [3.05, 3.63) is 23.2 Å². The van der Waals surface area contributed by atoms with Crippen molar-refractivity contribution in [2.75, 3.05) is 17.2 Å². The molecule has 1 aromatic rings. The highest BCUT2D eigenvalue weighted by atomic mass is 35.5. The van der Waals surface area contributed by atoms with E-state index >= 15 is 0 Å². The highest BCUT2D eigenvalue weighted by Crippen LogP contribution is 2.34. The highest BCUT2D eigenvalue weighted by Gasteiger charge is 2.23. The Bertz CT molecular complexity index is 359. The van der Waals surface area contributed by atoms with Gasteiger partial charge in [-0.15, -0.1) is 0 Å². The molecule has 0 radical (unpaired) electrons. The van der Waals surface area contributed by atoms with Gasteiger partial charge in [-0.05, 0) is 31.9 Å². The Morgan fingerprint density at radius 3 is 2.69 bits per heavy atom. The molecular formula is C13H19ClN2. The first-order valence-corrected chi connectivity index (χ1v) is 6.42. The Balaban J connectivity index is 2.28. The average molecular weight is 239 g/mol. The zero-order valence-electron chi connectivity index (χ0n) is 9.75. The molecule has 0 bridgehead atoms.